The fourth-order valence-corrected chi connectivity index (χ4v) is 1.27. The van der Waals surface area contributed by atoms with E-state index in [0.29, 0.717) is 18.1 Å². The van der Waals surface area contributed by atoms with Gasteiger partial charge in [0.2, 0.25) is 0 Å². The van der Waals surface area contributed by atoms with E-state index < -0.39 is 0 Å². The lowest BCUT2D eigenvalue weighted by atomic mass is 10.2. The molecule has 0 saturated carbocycles. The van der Waals surface area contributed by atoms with Crippen molar-refractivity contribution >= 4 is 11.5 Å². The molecule has 0 radical (unpaired) electrons. The molecule has 0 aliphatic rings. The van der Waals surface area contributed by atoms with E-state index in [4.69, 9.17) is 5.73 Å². The highest BCUT2D eigenvalue weighted by Gasteiger charge is 2.02. The Morgan fingerprint density at radius 2 is 2.40 bits per heavy atom. The topological polar surface area (TPSA) is 79.6 Å². The second kappa shape index (κ2) is 4.00. The Hall–Kier alpha value is -2.04. The van der Waals surface area contributed by atoms with E-state index in [1.165, 1.54) is 0 Å². The molecule has 4 N–H and O–H groups in total. The second-order valence-corrected chi connectivity index (χ2v) is 3.32. The van der Waals surface area contributed by atoms with Gasteiger partial charge in [-0.1, -0.05) is 0 Å². The standard InChI is InChI=1S/C10H13N5/c1-7-2-3-13-10(9(7)11)14-5-8-4-12-6-15-8/h2-4,6H,5,11H2,1H3,(H,12,15)(H,13,14). The Bertz CT molecular complexity index is 435. The number of nitrogen functional groups attached to an aromatic ring is 1. The van der Waals surface area contributed by atoms with Gasteiger partial charge in [0.1, 0.15) is 5.82 Å². The number of aryl methyl sites for hydroxylation is 1. The molecular formula is C10H13N5. The summed E-state index contributed by atoms with van der Waals surface area (Å²) in [5.41, 5.74) is 8.59. The summed E-state index contributed by atoms with van der Waals surface area (Å²) < 4.78 is 0. The summed E-state index contributed by atoms with van der Waals surface area (Å²) >= 11 is 0. The molecule has 15 heavy (non-hydrogen) atoms. The maximum atomic E-state index is 5.87. The summed E-state index contributed by atoms with van der Waals surface area (Å²) in [6, 6.07) is 1.89. The summed E-state index contributed by atoms with van der Waals surface area (Å²) in [5.74, 6) is 0.713. The summed E-state index contributed by atoms with van der Waals surface area (Å²) in [4.78, 5) is 11.1. The third kappa shape index (κ3) is 2.07. The Morgan fingerprint density at radius 1 is 1.53 bits per heavy atom. The maximum Gasteiger partial charge on any atom is 0.149 e. The molecule has 0 saturated heterocycles. The first-order chi connectivity index (χ1) is 7.27. The van der Waals surface area contributed by atoms with Gasteiger partial charge in [-0.15, -0.1) is 0 Å². The molecular weight excluding hydrogens is 190 g/mol. The summed E-state index contributed by atoms with van der Waals surface area (Å²) in [6.07, 6.45) is 5.14. The predicted octanol–water partition coefficient (Wildman–Crippen LogP) is 1.31. The largest absolute Gasteiger partial charge is 0.396 e. The number of H-pyrrole nitrogens is 1. The van der Waals surface area contributed by atoms with Crippen LogP contribution in [-0.4, -0.2) is 15.0 Å². The Balaban J connectivity index is 2.08. The van der Waals surface area contributed by atoms with Gasteiger partial charge < -0.3 is 16.0 Å². The molecule has 0 atom stereocenters. The molecule has 0 fully saturated rings. The van der Waals surface area contributed by atoms with Gasteiger partial charge in [0.05, 0.1) is 24.3 Å². The zero-order valence-corrected chi connectivity index (χ0v) is 8.49. The van der Waals surface area contributed by atoms with Crippen LogP contribution in [0.5, 0.6) is 0 Å². The minimum absolute atomic E-state index is 0.640. The second-order valence-electron chi connectivity index (χ2n) is 3.32. The van der Waals surface area contributed by atoms with Crippen LogP contribution >= 0.6 is 0 Å². The first-order valence-electron chi connectivity index (χ1n) is 4.69. The fraction of sp³-hybridized carbons (Fsp3) is 0.200. The molecule has 0 bridgehead atoms. The first kappa shape index (κ1) is 9.51. The van der Waals surface area contributed by atoms with Crippen LogP contribution in [0.25, 0.3) is 0 Å². The SMILES string of the molecule is Cc1ccnc(NCc2cnc[nH]2)c1N. The average molecular weight is 203 g/mol. The molecule has 0 amide bonds. The molecule has 5 nitrogen and oxygen atoms in total. The molecule has 2 rings (SSSR count). The lowest BCUT2D eigenvalue weighted by Crippen LogP contribution is -2.05. The van der Waals surface area contributed by atoms with Gasteiger partial charge in [0, 0.05) is 12.4 Å². The van der Waals surface area contributed by atoms with Crippen LogP contribution in [0, 0.1) is 6.92 Å². The van der Waals surface area contributed by atoms with Gasteiger partial charge >= 0.3 is 0 Å². The van der Waals surface area contributed by atoms with E-state index >= 15 is 0 Å². The van der Waals surface area contributed by atoms with Crippen LogP contribution in [0.4, 0.5) is 11.5 Å². The number of nitrogens with zero attached hydrogens (tertiary/aromatic N) is 2. The third-order valence-electron chi connectivity index (χ3n) is 2.21. The zero-order valence-electron chi connectivity index (χ0n) is 8.49. The number of pyridine rings is 1. The highest BCUT2D eigenvalue weighted by Crippen LogP contribution is 2.18. The van der Waals surface area contributed by atoms with Crippen molar-refractivity contribution in [3.8, 4) is 0 Å². The van der Waals surface area contributed by atoms with Crippen molar-refractivity contribution in [1.29, 1.82) is 0 Å². The molecule has 0 aliphatic heterocycles. The first-order valence-corrected chi connectivity index (χ1v) is 4.69. The van der Waals surface area contributed by atoms with Crippen molar-refractivity contribution < 1.29 is 0 Å². The van der Waals surface area contributed by atoms with E-state index in [2.05, 4.69) is 20.3 Å². The number of anilines is 2. The normalized spacial score (nSPS) is 10.2. The number of hydrogen-bond acceptors (Lipinski definition) is 4. The van der Waals surface area contributed by atoms with E-state index in [0.717, 1.165) is 11.3 Å². The van der Waals surface area contributed by atoms with Gasteiger partial charge in [-0.05, 0) is 18.6 Å². The lowest BCUT2D eigenvalue weighted by Gasteiger charge is -2.08. The quantitative estimate of drug-likeness (QED) is 0.702. The van der Waals surface area contributed by atoms with E-state index in [1.807, 2.05) is 13.0 Å². The lowest BCUT2D eigenvalue weighted by molar-refractivity contribution is 1.05. The van der Waals surface area contributed by atoms with E-state index in [1.54, 1.807) is 18.7 Å². The number of rotatable bonds is 3. The zero-order chi connectivity index (χ0) is 10.7. The van der Waals surface area contributed by atoms with Gasteiger partial charge in [-0.25, -0.2) is 9.97 Å². The Labute approximate surface area is 87.8 Å². The number of aromatic nitrogens is 3. The molecule has 0 aliphatic carbocycles. The molecule has 2 heterocycles. The molecule has 78 valence electrons. The smallest absolute Gasteiger partial charge is 0.149 e. The van der Waals surface area contributed by atoms with Crippen molar-refractivity contribution in [3.63, 3.8) is 0 Å². The monoisotopic (exact) mass is 203 g/mol. The molecule has 5 heteroatoms. The number of hydrogen-bond donors (Lipinski definition) is 3. The number of imidazole rings is 1. The third-order valence-corrected chi connectivity index (χ3v) is 2.21. The molecule has 0 aromatic carbocycles. The Morgan fingerprint density at radius 3 is 3.13 bits per heavy atom. The van der Waals surface area contributed by atoms with Crippen molar-refractivity contribution in [2.24, 2.45) is 0 Å². The van der Waals surface area contributed by atoms with Crippen LogP contribution in [0.1, 0.15) is 11.3 Å². The minimum atomic E-state index is 0.640. The molecule has 0 unspecified atom stereocenters. The predicted molar refractivity (Wildman–Crippen MR) is 59.3 cm³/mol. The highest BCUT2D eigenvalue weighted by atomic mass is 15.0. The summed E-state index contributed by atoms with van der Waals surface area (Å²) in [6.45, 7) is 2.60. The Kier molecular flexibility index (Phi) is 2.53. The summed E-state index contributed by atoms with van der Waals surface area (Å²) in [7, 11) is 0. The number of nitrogens with one attached hydrogen (secondary N) is 2. The van der Waals surface area contributed by atoms with Gasteiger partial charge in [-0.2, -0.15) is 0 Å². The van der Waals surface area contributed by atoms with Crippen LogP contribution in [0.15, 0.2) is 24.8 Å². The van der Waals surface area contributed by atoms with Crippen molar-refractivity contribution in [2.45, 2.75) is 13.5 Å². The number of nitrogens with two attached hydrogens (primary N) is 1. The van der Waals surface area contributed by atoms with E-state index in [9.17, 15) is 0 Å². The van der Waals surface area contributed by atoms with Crippen molar-refractivity contribution in [2.75, 3.05) is 11.1 Å². The van der Waals surface area contributed by atoms with Crippen molar-refractivity contribution in [1.82, 2.24) is 15.0 Å². The molecule has 0 spiro atoms. The van der Waals surface area contributed by atoms with Crippen LogP contribution in [0.2, 0.25) is 0 Å². The fourth-order valence-electron chi connectivity index (χ4n) is 1.27. The maximum absolute atomic E-state index is 5.87. The van der Waals surface area contributed by atoms with Crippen LogP contribution in [-0.2, 0) is 6.54 Å². The average Bonchev–Trinajstić information content (AvgIpc) is 2.73. The van der Waals surface area contributed by atoms with Crippen LogP contribution < -0.4 is 11.1 Å². The molecule has 2 aromatic heterocycles. The summed E-state index contributed by atoms with van der Waals surface area (Å²) in [5, 5.41) is 3.15. The highest BCUT2D eigenvalue weighted by molar-refractivity contribution is 5.64. The van der Waals surface area contributed by atoms with Gasteiger partial charge in [0.25, 0.3) is 0 Å². The minimum Gasteiger partial charge on any atom is -0.396 e. The number of aromatic amines is 1. The molecule has 2 aromatic rings. The van der Waals surface area contributed by atoms with E-state index in [-0.39, 0.29) is 0 Å². The van der Waals surface area contributed by atoms with Crippen LogP contribution in [0.3, 0.4) is 0 Å². The van der Waals surface area contributed by atoms with Gasteiger partial charge in [-0.3, -0.25) is 0 Å². The van der Waals surface area contributed by atoms with Gasteiger partial charge in [0.15, 0.2) is 0 Å². The van der Waals surface area contributed by atoms with Crippen molar-refractivity contribution in [3.05, 3.63) is 36.0 Å².